The first-order chi connectivity index (χ1) is 16.3. The molecular weight excluding hydrogens is 466 g/mol. The number of ether oxygens (including phenoxy) is 1. The molecule has 12 heteroatoms. The molecule has 9 nitrogen and oxygen atoms in total. The zero-order valence-corrected chi connectivity index (χ0v) is 19.5. The van der Waals surface area contributed by atoms with Gasteiger partial charge in [0.05, 0.1) is 31.4 Å². The van der Waals surface area contributed by atoms with Crippen LogP contribution in [-0.2, 0) is 14.8 Å². The molecule has 3 aromatic heterocycles. The summed E-state index contributed by atoms with van der Waals surface area (Å²) in [5.74, 6) is 1.68. The summed E-state index contributed by atoms with van der Waals surface area (Å²) < 4.78 is 59.2. The molecule has 2 aliphatic rings. The minimum Gasteiger partial charge on any atom is -0.381 e. The van der Waals surface area contributed by atoms with E-state index in [-0.39, 0.29) is 11.6 Å². The predicted molar refractivity (Wildman–Crippen MR) is 122 cm³/mol. The van der Waals surface area contributed by atoms with E-state index in [0.29, 0.717) is 36.3 Å². The van der Waals surface area contributed by atoms with Gasteiger partial charge in [-0.25, -0.2) is 36.4 Å². The maximum atomic E-state index is 13.2. The maximum Gasteiger partial charge on any atom is 0.282 e. The number of alkyl halides is 2. The third kappa shape index (κ3) is 4.75. The van der Waals surface area contributed by atoms with Crippen molar-refractivity contribution in [3.05, 3.63) is 42.4 Å². The molecule has 3 aromatic rings. The van der Waals surface area contributed by atoms with Gasteiger partial charge in [0.25, 0.3) is 6.43 Å². The number of halogens is 2. The average Bonchev–Trinajstić information content (AvgIpc) is 3.20. The van der Waals surface area contributed by atoms with Crippen molar-refractivity contribution in [3.63, 3.8) is 0 Å². The van der Waals surface area contributed by atoms with Crippen molar-refractivity contribution < 1.29 is 21.9 Å². The third-order valence-electron chi connectivity index (χ3n) is 6.64. The molecule has 0 radical (unpaired) electrons. The van der Waals surface area contributed by atoms with Crippen LogP contribution in [-0.4, -0.2) is 67.1 Å². The predicted octanol–water partition coefficient (Wildman–Crippen LogP) is 2.37. The highest BCUT2D eigenvalue weighted by Gasteiger charge is 2.38. The van der Waals surface area contributed by atoms with Gasteiger partial charge in [-0.2, -0.15) is 5.10 Å². The highest BCUT2D eigenvalue weighted by atomic mass is 32.2. The van der Waals surface area contributed by atoms with Gasteiger partial charge < -0.3 is 9.64 Å². The first-order valence-corrected chi connectivity index (χ1v) is 13.0. The van der Waals surface area contributed by atoms with Gasteiger partial charge in [0, 0.05) is 37.3 Å². The molecule has 0 spiro atoms. The molecule has 2 saturated heterocycles. The van der Waals surface area contributed by atoms with E-state index in [1.807, 2.05) is 6.07 Å². The Balaban J connectivity index is 1.40. The first-order valence-electron chi connectivity index (χ1n) is 11.1. The fraction of sp³-hybridized carbons (Fsp3) is 0.500. The van der Waals surface area contributed by atoms with Gasteiger partial charge in [0.15, 0.2) is 5.65 Å². The van der Waals surface area contributed by atoms with Crippen LogP contribution in [0.3, 0.4) is 0 Å². The largest absolute Gasteiger partial charge is 0.381 e. The molecule has 5 heterocycles. The van der Waals surface area contributed by atoms with E-state index in [2.05, 4.69) is 24.7 Å². The van der Waals surface area contributed by atoms with Crippen LogP contribution in [0.4, 0.5) is 14.6 Å². The third-order valence-corrected chi connectivity index (χ3v) is 7.33. The number of imidazole rings is 1. The molecule has 2 fully saturated rings. The van der Waals surface area contributed by atoms with Crippen LogP contribution in [0.2, 0.25) is 0 Å². The van der Waals surface area contributed by atoms with Crippen molar-refractivity contribution in [2.24, 2.45) is 17.8 Å². The van der Waals surface area contributed by atoms with Crippen molar-refractivity contribution in [1.82, 2.24) is 24.3 Å². The number of nitrogens with one attached hydrogen (secondary N) is 1. The minimum atomic E-state index is -3.30. The van der Waals surface area contributed by atoms with E-state index in [9.17, 15) is 17.2 Å². The van der Waals surface area contributed by atoms with Crippen LogP contribution < -0.4 is 9.62 Å². The molecule has 0 aliphatic carbocycles. The van der Waals surface area contributed by atoms with Crippen molar-refractivity contribution in [2.75, 3.05) is 44.0 Å². The average molecular weight is 493 g/mol. The lowest BCUT2D eigenvalue weighted by atomic mass is 9.75. The number of aromatic nitrogens is 4. The van der Waals surface area contributed by atoms with E-state index in [1.165, 1.54) is 22.9 Å². The maximum absolute atomic E-state index is 13.2. The number of piperidine rings is 1. The summed E-state index contributed by atoms with van der Waals surface area (Å²) in [6.45, 7) is 3.24. The molecule has 0 saturated carbocycles. The fourth-order valence-corrected chi connectivity index (χ4v) is 5.32. The van der Waals surface area contributed by atoms with Crippen LogP contribution in [0.25, 0.3) is 16.9 Å². The van der Waals surface area contributed by atoms with E-state index >= 15 is 0 Å². The van der Waals surface area contributed by atoms with Gasteiger partial charge in [-0.15, -0.1) is 0 Å². The molecule has 5 rings (SSSR count). The van der Waals surface area contributed by atoms with Gasteiger partial charge in [0.1, 0.15) is 11.5 Å². The van der Waals surface area contributed by atoms with Gasteiger partial charge in [-0.1, -0.05) is 0 Å². The molecular formula is C22H26F2N6O3S. The van der Waals surface area contributed by atoms with Gasteiger partial charge in [-0.3, -0.25) is 0 Å². The summed E-state index contributed by atoms with van der Waals surface area (Å²) in [7, 11) is -3.30. The topological polar surface area (TPSA) is 102 Å². The number of rotatable bonds is 7. The van der Waals surface area contributed by atoms with Gasteiger partial charge in [0.2, 0.25) is 10.0 Å². The lowest BCUT2D eigenvalue weighted by molar-refractivity contribution is -0.0764. The Morgan fingerprint density at radius 3 is 2.76 bits per heavy atom. The van der Waals surface area contributed by atoms with E-state index in [1.54, 1.807) is 18.5 Å². The fourth-order valence-electron chi connectivity index (χ4n) is 4.81. The van der Waals surface area contributed by atoms with Crippen LogP contribution >= 0.6 is 0 Å². The highest BCUT2D eigenvalue weighted by Crippen LogP contribution is 2.36. The molecule has 2 unspecified atom stereocenters. The Labute approximate surface area is 196 Å². The molecule has 2 atom stereocenters. The number of hydrogen-bond acceptors (Lipinski definition) is 7. The Kier molecular flexibility index (Phi) is 6.21. The number of fused-ring (bicyclic) bond motifs is 1. The number of sulfonamides is 1. The van der Waals surface area contributed by atoms with Crippen LogP contribution in [0, 0.1) is 17.8 Å². The van der Waals surface area contributed by atoms with Crippen molar-refractivity contribution in [1.29, 1.82) is 0 Å². The molecule has 0 amide bonds. The second kappa shape index (κ2) is 9.16. The quantitative estimate of drug-likeness (QED) is 0.540. The van der Waals surface area contributed by atoms with Crippen molar-refractivity contribution in [2.45, 2.75) is 12.8 Å². The Hall–Kier alpha value is -2.70. The minimum absolute atomic E-state index is 0.119. The first kappa shape index (κ1) is 23.1. The standard InChI is InChI=1S/C22H26F2N6O3S/c1-34(31,32)27-9-15-11-29(7-5-17(15)16-12-33-13-16)21-8-14(4-6-25-21)19-10-26-20-3-2-18(22(23)24)28-30(19)20/h2-4,6,8,10,15-17,22,27H,5,7,9,11-13H2,1H3. The second-order valence-corrected chi connectivity index (χ2v) is 10.8. The zero-order chi connectivity index (χ0) is 23.9. The molecule has 0 aromatic carbocycles. The Morgan fingerprint density at radius 1 is 1.24 bits per heavy atom. The number of pyridine rings is 1. The molecule has 34 heavy (non-hydrogen) atoms. The van der Waals surface area contributed by atoms with E-state index in [0.717, 1.165) is 37.6 Å². The van der Waals surface area contributed by atoms with Crippen LogP contribution in [0.1, 0.15) is 18.5 Å². The highest BCUT2D eigenvalue weighted by molar-refractivity contribution is 7.88. The lowest BCUT2D eigenvalue weighted by Gasteiger charge is -2.45. The summed E-state index contributed by atoms with van der Waals surface area (Å²) in [6.07, 6.45) is 2.69. The van der Waals surface area contributed by atoms with E-state index in [4.69, 9.17) is 4.74 Å². The van der Waals surface area contributed by atoms with Gasteiger partial charge in [-0.05, 0) is 42.5 Å². The van der Waals surface area contributed by atoms with E-state index < -0.39 is 16.4 Å². The molecule has 182 valence electrons. The lowest BCUT2D eigenvalue weighted by Crippen LogP contribution is -2.51. The monoisotopic (exact) mass is 492 g/mol. The Morgan fingerprint density at radius 2 is 2.06 bits per heavy atom. The summed E-state index contributed by atoms with van der Waals surface area (Å²) in [6, 6.07) is 6.49. The summed E-state index contributed by atoms with van der Waals surface area (Å²) >= 11 is 0. The smallest absolute Gasteiger partial charge is 0.282 e. The summed E-state index contributed by atoms with van der Waals surface area (Å²) in [5, 5.41) is 4.05. The van der Waals surface area contributed by atoms with Crippen LogP contribution in [0.5, 0.6) is 0 Å². The number of nitrogens with zero attached hydrogens (tertiary/aromatic N) is 5. The van der Waals surface area contributed by atoms with Gasteiger partial charge >= 0.3 is 0 Å². The zero-order valence-electron chi connectivity index (χ0n) is 18.6. The molecule has 1 N–H and O–H groups in total. The summed E-state index contributed by atoms with van der Waals surface area (Å²) in [4.78, 5) is 11.0. The SMILES string of the molecule is CS(=O)(=O)NCC1CN(c2cc(-c3cnc4ccc(C(F)F)nn34)ccn2)CCC1C1COC1. The summed E-state index contributed by atoms with van der Waals surface area (Å²) in [5.41, 5.74) is 1.52. The second-order valence-electron chi connectivity index (χ2n) is 8.95. The van der Waals surface area contributed by atoms with Crippen LogP contribution in [0.15, 0.2) is 36.7 Å². The molecule has 2 aliphatic heterocycles. The molecule has 0 bridgehead atoms. The van der Waals surface area contributed by atoms with Crippen molar-refractivity contribution in [3.8, 4) is 11.3 Å². The number of anilines is 1. The number of hydrogen-bond donors (Lipinski definition) is 1. The normalized spacial score (nSPS) is 21.8. The van der Waals surface area contributed by atoms with Crippen molar-refractivity contribution >= 4 is 21.5 Å². The Bertz CT molecular complexity index is 1280.